The predicted octanol–water partition coefficient (Wildman–Crippen LogP) is 9.85. The SMILES string of the molecule is CCCCCC/C=C\CCCCCCCCC(O)C(=O)NC(CO)C(O)C(O)CCCCCCCCCCCCCCCCCC. The first-order valence-corrected chi connectivity index (χ1v) is 20.1. The topological polar surface area (TPSA) is 110 Å². The average Bonchev–Trinajstić information content (AvgIpc) is 3.06. The molecule has 0 aromatic heterocycles. The van der Waals surface area contributed by atoms with Crippen molar-refractivity contribution in [3.05, 3.63) is 12.2 Å². The number of carbonyl (C=O) groups is 1. The molecule has 0 radical (unpaired) electrons. The van der Waals surface area contributed by atoms with Crippen molar-refractivity contribution in [2.75, 3.05) is 6.61 Å². The van der Waals surface area contributed by atoms with E-state index in [0.717, 1.165) is 44.9 Å². The summed E-state index contributed by atoms with van der Waals surface area (Å²) in [7, 11) is 0. The van der Waals surface area contributed by atoms with Gasteiger partial charge in [-0.25, -0.2) is 0 Å². The van der Waals surface area contributed by atoms with E-state index in [2.05, 4.69) is 31.3 Å². The fourth-order valence-corrected chi connectivity index (χ4v) is 6.22. The molecule has 46 heavy (non-hydrogen) atoms. The van der Waals surface area contributed by atoms with E-state index in [1.54, 1.807) is 0 Å². The zero-order valence-electron chi connectivity index (χ0n) is 30.6. The Morgan fingerprint density at radius 1 is 0.522 bits per heavy atom. The summed E-state index contributed by atoms with van der Waals surface area (Å²) in [6, 6.07) is -0.983. The number of amides is 1. The number of allylic oxidation sites excluding steroid dienone is 2. The van der Waals surface area contributed by atoms with E-state index in [9.17, 15) is 25.2 Å². The second-order valence-electron chi connectivity index (χ2n) is 14.0. The molecule has 0 aliphatic rings. The van der Waals surface area contributed by atoms with Crippen LogP contribution < -0.4 is 5.32 Å². The highest BCUT2D eigenvalue weighted by Crippen LogP contribution is 2.16. The zero-order chi connectivity index (χ0) is 33.9. The Morgan fingerprint density at radius 2 is 0.870 bits per heavy atom. The van der Waals surface area contributed by atoms with Crippen molar-refractivity contribution in [1.82, 2.24) is 5.32 Å². The summed E-state index contributed by atoms with van der Waals surface area (Å²) < 4.78 is 0. The van der Waals surface area contributed by atoms with E-state index in [-0.39, 0.29) is 0 Å². The molecule has 0 heterocycles. The van der Waals surface area contributed by atoms with Gasteiger partial charge in [0.2, 0.25) is 5.91 Å². The molecule has 4 unspecified atom stereocenters. The van der Waals surface area contributed by atoms with Crippen LogP contribution in [0.4, 0.5) is 0 Å². The molecular weight excluding hydrogens is 574 g/mol. The van der Waals surface area contributed by atoms with Gasteiger partial charge in [-0.15, -0.1) is 0 Å². The van der Waals surface area contributed by atoms with Gasteiger partial charge >= 0.3 is 0 Å². The van der Waals surface area contributed by atoms with Crippen LogP contribution in [0, 0.1) is 0 Å². The largest absolute Gasteiger partial charge is 0.394 e. The normalized spacial score (nSPS) is 14.5. The quantitative estimate of drug-likeness (QED) is 0.0342. The van der Waals surface area contributed by atoms with Crippen molar-refractivity contribution < 1.29 is 25.2 Å². The number of nitrogens with one attached hydrogen (secondary N) is 1. The molecule has 0 saturated heterocycles. The maximum atomic E-state index is 12.5. The van der Waals surface area contributed by atoms with Gasteiger partial charge in [0.15, 0.2) is 0 Å². The molecule has 4 atom stereocenters. The standard InChI is InChI=1S/C40H79NO5/c1-3-5-7-9-11-13-15-17-19-20-22-23-25-27-29-31-33-37(43)39(45)36(35-42)41-40(46)38(44)34-32-30-28-26-24-21-18-16-14-12-10-8-6-4-2/h14,16,36-39,42-45H,3-13,15,17-35H2,1-2H3,(H,41,46)/b16-14-. The van der Waals surface area contributed by atoms with Crippen LogP contribution in [-0.4, -0.2) is 57.3 Å². The molecular formula is C40H79NO5. The molecule has 0 aliphatic carbocycles. The average molecular weight is 654 g/mol. The van der Waals surface area contributed by atoms with Crippen LogP contribution >= 0.6 is 0 Å². The lowest BCUT2D eigenvalue weighted by molar-refractivity contribution is -0.132. The highest BCUT2D eigenvalue weighted by Gasteiger charge is 2.28. The number of hydrogen-bond acceptors (Lipinski definition) is 5. The molecule has 5 N–H and O–H groups in total. The van der Waals surface area contributed by atoms with E-state index in [1.807, 2.05) is 0 Å². The number of hydrogen-bond donors (Lipinski definition) is 5. The summed E-state index contributed by atoms with van der Waals surface area (Å²) in [4.78, 5) is 12.5. The highest BCUT2D eigenvalue weighted by molar-refractivity contribution is 5.80. The maximum Gasteiger partial charge on any atom is 0.249 e. The summed E-state index contributed by atoms with van der Waals surface area (Å²) >= 11 is 0. The minimum atomic E-state index is -1.26. The Balaban J connectivity index is 3.78. The minimum absolute atomic E-state index is 0.364. The maximum absolute atomic E-state index is 12.5. The van der Waals surface area contributed by atoms with Gasteiger partial charge < -0.3 is 25.7 Å². The smallest absolute Gasteiger partial charge is 0.249 e. The first-order valence-electron chi connectivity index (χ1n) is 20.1. The molecule has 0 bridgehead atoms. The van der Waals surface area contributed by atoms with Gasteiger partial charge in [-0.2, -0.15) is 0 Å². The first-order chi connectivity index (χ1) is 22.5. The fourth-order valence-electron chi connectivity index (χ4n) is 6.22. The molecule has 0 spiro atoms. The summed E-state index contributed by atoms with van der Waals surface area (Å²) in [6.45, 7) is 4.03. The Morgan fingerprint density at radius 3 is 1.28 bits per heavy atom. The number of rotatable bonds is 36. The summed E-state index contributed by atoms with van der Waals surface area (Å²) in [5, 5.41) is 43.5. The van der Waals surface area contributed by atoms with Gasteiger partial charge in [0.05, 0.1) is 18.8 Å². The van der Waals surface area contributed by atoms with Gasteiger partial charge in [-0.3, -0.25) is 4.79 Å². The van der Waals surface area contributed by atoms with Gasteiger partial charge in [-0.1, -0.05) is 180 Å². The third kappa shape index (κ3) is 29.2. The van der Waals surface area contributed by atoms with Crippen LogP contribution in [0.25, 0.3) is 0 Å². The van der Waals surface area contributed by atoms with Crippen molar-refractivity contribution in [2.45, 2.75) is 231 Å². The monoisotopic (exact) mass is 654 g/mol. The van der Waals surface area contributed by atoms with Crippen LogP contribution in [-0.2, 0) is 4.79 Å². The molecule has 6 nitrogen and oxygen atoms in total. The van der Waals surface area contributed by atoms with Crippen molar-refractivity contribution in [1.29, 1.82) is 0 Å². The van der Waals surface area contributed by atoms with Crippen LogP contribution in [0.3, 0.4) is 0 Å². The van der Waals surface area contributed by atoms with Gasteiger partial charge in [0, 0.05) is 0 Å². The van der Waals surface area contributed by atoms with Crippen LogP contribution in [0.15, 0.2) is 12.2 Å². The van der Waals surface area contributed by atoms with E-state index >= 15 is 0 Å². The third-order valence-corrected chi connectivity index (χ3v) is 9.48. The molecule has 0 aliphatic heterocycles. The lowest BCUT2D eigenvalue weighted by atomic mass is 9.99. The Labute approximate surface area is 285 Å². The Kier molecular flexibility index (Phi) is 34.6. The van der Waals surface area contributed by atoms with Crippen molar-refractivity contribution in [3.63, 3.8) is 0 Å². The number of unbranched alkanes of at least 4 members (excludes halogenated alkanes) is 25. The molecule has 0 aromatic carbocycles. The molecule has 0 saturated carbocycles. The highest BCUT2D eigenvalue weighted by atomic mass is 16.3. The lowest BCUT2D eigenvalue weighted by Crippen LogP contribution is -2.53. The minimum Gasteiger partial charge on any atom is -0.394 e. The van der Waals surface area contributed by atoms with Crippen LogP contribution in [0.1, 0.15) is 206 Å². The van der Waals surface area contributed by atoms with Crippen molar-refractivity contribution in [3.8, 4) is 0 Å². The molecule has 1 amide bonds. The van der Waals surface area contributed by atoms with Crippen LogP contribution in [0.2, 0.25) is 0 Å². The van der Waals surface area contributed by atoms with Crippen molar-refractivity contribution in [2.24, 2.45) is 0 Å². The lowest BCUT2D eigenvalue weighted by Gasteiger charge is -2.27. The second-order valence-corrected chi connectivity index (χ2v) is 14.0. The van der Waals surface area contributed by atoms with Gasteiger partial charge in [-0.05, 0) is 38.5 Å². The van der Waals surface area contributed by atoms with Gasteiger partial charge in [0.25, 0.3) is 0 Å². The molecule has 0 fully saturated rings. The number of aliphatic hydroxyl groups excluding tert-OH is 4. The second kappa shape index (κ2) is 35.4. The number of aliphatic hydroxyl groups is 4. The van der Waals surface area contributed by atoms with Gasteiger partial charge in [0.1, 0.15) is 12.2 Å². The van der Waals surface area contributed by atoms with Crippen LogP contribution in [0.5, 0.6) is 0 Å². The summed E-state index contributed by atoms with van der Waals surface area (Å²) in [5.74, 6) is -0.589. The number of carbonyl (C=O) groups excluding carboxylic acids is 1. The third-order valence-electron chi connectivity index (χ3n) is 9.48. The van der Waals surface area contributed by atoms with Crippen molar-refractivity contribution >= 4 is 5.91 Å². The first kappa shape index (κ1) is 45.0. The fraction of sp³-hybridized carbons (Fsp3) is 0.925. The molecule has 6 heteroatoms. The van der Waals surface area contributed by atoms with E-state index in [1.165, 1.54) is 135 Å². The predicted molar refractivity (Wildman–Crippen MR) is 196 cm³/mol. The molecule has 0 rings (SSSR count). The van der Waals surface area contributed by atoms with E-state index < -0.39 is 36.9 Å². The summed E-state index contributed by atoms with van der Waals surface area (Å²) in [5.41, 5.74) is 0. The Bertz CT molecular complexity index is 658. The Hall–Kier alpha value is -0.950. The molecule has 274 valence electrons. The zero-order valence-corrected chi connectivity index (χ0v) is 30.6. The van der Waals surface area contributed by atoms with E-state index in [0.29, 0.717) is 12.8 Å². The summed E-state index contributed by atoms with van der Waals surface area (Å²) in [6.07, 6.45) is 36.6. The molecule has 0 aromatic rings. The van der Waals surface area contributed by atoms with E-state index in [4.69, 9.17) is 0 Å².